The average molecular weight is 235 g/mol. The molecule has 1 aromatic carbocycles. The molecule has 0 amide bonds. The number of aryl methyl sites for hydroxylation is 1. The molecule has 17 heavy (non-hydrogen) atoms. The van der Waals surface area contributed by atoms with E-state index < -0.39 is 11.9 Å². The fraction of sp³-hybridized carbons (Fsp3) is 0.250. The molecule has 0 bridgehead atoms. The molecule has 0 aliphatic heterocycles. The molecule has 5 heteroatoms. The SMILES string of the molecule is Cn1ccnc1CC(O)c1cc(F)ccc1N. The first-order valence-electron chi connectivity index (χ1n) is 5.27. The van der Waals surface area contributed by atoms with Gasteiger partial charge in [0.15, 0.2) is 0 Å². The van der Waals surface area contributed by atoms with Crippen LogP contribution in [0.4, 0.5) is 10.1 Å². The number of imidazole rings is 1. The molecule has 0 saturated heterocycles. The first-order chi connectivity index (χ1) is 8.08. The van der Waals surface area contributed by atoms with E-state index in [0.717, 1.165) is 5.82 Å². The summed E-state index contributed by atoms with van der Waals surface area (Å²) in [6.45, 7) is 0. The van der Waals surface area contributed by atoms with Gasteiger partial charge in [0.25, 0.3) is 0 Å². The Morgan fingerprint density at radius 1 is 1.53 bits per heavy atom. The molecule has 0 fully saturated rings. The fourth-order valence-electron chi connectivity index (χ4n) is 1.71. The third-order valence-corrected chi connectivity index (χ3v) is 2.70. The van der Waals surface area contributed by atoms with Crippen LogP contribution in [0.15, 0.2) is 30.6 Å². The summed E-state index contributed by atoms with van der Waals surface area (Å²) in [5.41, 5.74) is 6.48. The number of hydrogen-bond donors (Lipinski definition) is 2. The van der Waals surface area contributed by atoms with Gasteiger partial charge in [-0.05, 0) is 18.2 Å². The van der Waals surface area contributed by atoms with Crippen molar-refractivity contribution in [2.45, 2.75) is 12.5 Å². The van der Waals surface area contributed by atoms with E-state index in [2.05, 4.69) is 4.98 Å². The van der Waals surface area contributed by atoms with Crippen molar-refractivity contribution in [2.75, 3.05) is 5.73 Å². The Labute approximate surface area is 98.5 Å². The third kappa shape index (κ3) is 2.45. The van der Waals surface area contributed by atoms with Crippen molar-refractivity contribution in [1.29, 1.82) is 0 Å². The van der Waals surface area contributed by atoms with Crippen molar-refractivity contribution in [2.24, 2.45) is 7.05 Å². The molecule has 1 atom stereocenters. The maximum Gasteiger partial charge on any atom is 0.123 e. The van der Waals surface area contributed by atoms with Gasteiger partial charge in [0.05, 0.1) is 6.10 Å². The van der Waals surface area contributed by atoms with E-state index >= 15 is 0 Å². The predicted octanol–water partition coefficient (Wildman–Crippen LogP) is 1.42. The smallest absolute Gasteiger partial charge is 0.123 e. The van der Waals surface area contributed by atoms with Gasteiger partial charge in [-0.15, -0.1) is 0 Å². The number of aliphatic hydroxyl groups excluding tert-OH is 1. The molecule has 0 aliphatic rings. The minimum absolute atomic E-state index is 0.303. The van der Waals surface area contributed by atoms with E-state index in [0.29, 0.717) is 17.7 Å². The van der Waals surface area contributed by atoms with Crippen molar-refractivity contribution < 1.29 is 9.50 Å². The molecular weight excluding hydrogens is 221 g/mol. The molecule has 3 N–H and O–H groups in total. The van der Waals surface area contributed by atoms with Gasteiger partial charge in [-0.25, -0.2) is 9.37 Å². The molecule has 0 radical (unpaired) electrons. The number of nitrogens with two attached hydrogens (primary N) is 1. The van der Waals surface area contributed by atoms with Gasteiger partial charge in [-0.1, -0.05) is 0 Å². The zero-order chi connectivity index (χ0) is 12.4. The largest absolute Gasteiger partial charge is 0.398 e. The van der Waals surface area contributed by atoms with E-state index in [1.165, 1.54) is 18.2 Å². The molecular formula is C12H14FN3O. The summed E-state index contributed by atoms with van der Waals surface area (Å²) in [6, 6.07) is 3.97. The second kappa shape index (κ2) is 4.55. The van der Waals surface area contributed by atoms with E-state index in [4.69, 9.17) is 5.73 Å². The molecule has 1 aromatic heterocycles. The summed E-state index contributed by atoms with van der Waals surface area (Å²) in [5, 5.41) is 10.0. The normalized spacial score (nSPS) is 12.6. The molecule has 0 aliphatic carbocycles. The minimum atomic E-state index is -0.855. The summed E-state index contributed by atoms with van der Waals surface area (Å²) < 4.78 is 14.9. The van der Waals surface area contributed by atoms with Gasteiger partial charge in [0.2, 0.25) is 0 Å². The topological polar surface area (TPSA) is 64.1 Å². The highest BCUT2D eigenvalue weighted by Crippen LogP contribution is 2.24. The molecule has 1 unspecified atom stereocenters. The van der Waals surface area contributed by atoms with E-state index in [1.54, 1.807) is 17.0 Å². The lowest BCUT2D eigenvalue weighted by molar-refractivity contribution is 0.175. The number of halogens is 1. The summed E-state index contributed by atoms with van der Waals surface area (Å²) in [5.74, 6) is 0.314. The van der Waals surface area contributed by atoms with Crippen LogP contribution in [0, 0.1) is 5.82 Å². The summed E-state index contributed by atoms with van der Waals surface area (Å²) in [6.07, 6.45) is 2.89. The number of hydrogen-bond acceptors (Lipinski definition) is 3. The second-order valence-electron chi connectivity index (χ2n) is 3.95. The molecule has 2 aromatic rings. The van der Waals surface area contributed by atoms with Gasteiger partial charge in [-0.2, -0.15) is 0 Å². The fourth-order valence-corrected chi connectivity index (χ4v) is 1.71. The zero-order valence-corrected chi connectivity index (χ0v) is 9.47. The molecule has 2 rings (SSSR count). The summed E-state index contributed by atoms with van der Waals surface area (Å²) in [7, 11) is 1.84. The number of rotatable bonds is 3. The summed E-state index contributed by atoms with van der Waals surface area (Å²) >= 11 is 0. The highest BCUT2D eigenvalue weighted by atomic mass is 19.1. The lowest BCUT2D eigenvalue weighted by atomic mass is 10.0. The zero-order valence-electron chi connectivity index (χ0n) is 9.47. The Bertz CT molecular complexity index is 524. The van der Waals surface area contributed by atoms with E-state index in [-0.39, 0.29) is 0 Å². The Hall–Kier alpha value is -1.88. The minimum Gasteiger partial charge on any atom is -0.398 e. The quantitative estimate of drug-likeness (QED) is 0.791. The number of nitrogens with zero attached hydrogens (tertiary/aromatic N) is 2. The maximum atomic E-state index is 13.1. The Kier molecular flexibility index (Phi) is 3.10. The number of anilines is 1. The highest BCUT2D eigenvalue weighted by molar-refractivity contribution is 5.48. The first kappa shape index (κ1) is 11.6. The Morgan fingerprint density at radius 3 is 2.94 bits per heavy atom. The van der Waals surface area contributed by atoms with E-state index in [1.807, 2.05) is 7.05 Å². The van der Waals surface area contributed by atoms with E-state index in [9.17, 15) is 9.50 Å². The van der Waals surface area contributed by atoms with Crippen molar-refractivity contribution in [3.63, 3.8) is 0 Å². The van der Waals surface area contributed by atoms with Gasteiger partial charge in [-0.3, -0.25) is 0 Å². The van der Waals surface area contributed by atoms with Crippen molar-refractivity contribution >= 4 is 5.69 Å². The van der Waals surface area contributed by atoms with Crippen molar-refractivity contribution in [3.05, 3.63) is 47.8 Å². The average Bonchev–Trinajstić information content (AvgIpc) is 2.68. The molecule has 1 heterocycles. The number of aromatic nitrogens is 2. The standard InChI is InChI=1S/C12H14FN3O/c1-16-5-4-15-12(16)7-11(17)9-6-8(13)2-3-10(9)14/h2-6,11,17H,7,14H2,1H3. The molecule has 90 valence electrons. The van der Waals surface area contributed by atoms with Crippen LogP contribution < -0.4 is 5.73 Å². The predicted molar refractivity (Wildman–Crippen MR) is 62.7 cm³/mol. The first-order valence-corrected chi connectivity index (χ1v) is 5.27. The van der Waals surface area contributed by atoms with Crippen LogP contribution >= 0.6 is 0 Å². The Balaban J connectivity index is 2.23. The lowest BCUT2D eigenvalue weighted by Gasteiger charge is -2.13. The number of nitrogen functional groups attached to an aromatic ring is 1. The Morgan fingerprint density at radius 2 is 2.29 bits per heavy atom. The van der Waals surface area contributed by atoms with Gasteiger partial charge in [0.1, 0.15) is 11.6 Å². The van der Waals surface area contributed by atoms with Gasteiger partial charge < -0.3 is 15.4 Å². The van der Waals surface area contributed by atoms with Crippen molar-refractivity contribution in [1.82, 2.24) is 9.55 Å². The van der Waals surface area contributed by atoms with Gasteiger partial charge >= 0.3 is 0 Å². The van der Waals surface area contributed by atoms with Crippen LogP contribution in [0.3, 0.4) is 0 Å². The summed E-state index contributed by atoms with van der Waals surface area (Å²) in [4.78, 5) is 4.10. The van der Waals surface area contributed by atoms with Crippen molar-refractivity contribution in [3.8, 4) is 0 Å². The number of benzene rings is 1. The van der Waals surface area contributed by atoms with Crippen LogP contribution in [0.25, 0.3) is 0 Å². The monoisotopic (exact) mass is 235 g/mol. The molecule has 0 saturated carbocycles. The third-order valence-electron chi connectivity index (χ3n) is 2.70. The molecule has 4 nitrogen and oxygen atoms in total. The second-order valence-corrected chi connectivity index (χ2v) is 3.95. The molecule has 0 spiro atoms. The van der Waals surface area contributed by atoms with Crippen LogP contribution in [-0.4, -0.2) is 14.7 Å². The highest BCUT2D eigenvalue weighted by Gasteiger charge is 2.14. The van der Waals surface area contributed by atoms with Crippen LogP contribution in [-0.2, 0) is 13.5 Å². The van der Waals surface area contributed by atoms with Crippen LogP contribution in [0.5, 0.6) is 0 Å². The van der Waals surface area contributed by atoms with Gasteiger partial charge in [0, 0.05) is 37.1 Å². The van der Waals surface area contributed by atoms with Crippen LogP contribution in [0.2, 0.25) is 0 Å². The maximum absolute atomic E-state index is 13.1. The number of aliphatic hydroxyl groups is 1. The lowest BCUT2D eigenvalue weighted by Crippen LogP contribution is -2.09. The van der Waals surface area contributed by atoms with Crippen LogP contribution in [0.1, 0.15) is 17.5 Å².